The van der Waals surface area contributed by atoms with Crippen LogP contribution in [0.2, 0.25) is 0 Å². The number of carbonyl (C=O) groups excluding carboxylic acids is 1. The molecule has 0 unspecified atom stereocenters. The van der Waals surface area contributed by atoms with Crippen molar-refractivity contribution in [3.63, 3.8) is 0 Å². The van der Waals surface area contributed by atoms with Gasteiger partial charge in [-0.3, -0.25) is 4.79 Å². The van der Waals surface area contributed by atoms with E-state index in [0.717, 1.165) is 19.4 Å². The van der Waals surface area contributed by atoms with E-state index in [1.165, 1.54) is 11.3 Å². The third kappa shape index (κ3) is 3.03. The Kier molecular flexibility index (Phi) is 3.95. The van der Waals surface area contributed by atoms with E-state index < -0.39 is 0 Å². The molecule has 0 radical (unpaired) electrons. The van der Waals surface area contributed by atoms with Crippen LogP contribution in [0.3, 0.4) is 0 Å². The van der Waals surface area contributed by atoms with Crippen LogP contribution >= 0.6 is 43.2 Å². The van der Waals surface area contributed by atoms with Crippen LogP contribution in [0, 0.1) is 0 Å². The van der Waals surface area contributed by atoms with Gasteiger partial charge in [0.25, 0.3) is 0 Å². The van der Waals surface area contributed by atoms with Crippen LogP contribution < -0.4 is 0 Å². The zero-order chi connectivity index (χ0) is 11.5. The summed E-state index contributed by atoms with van der Waals surface area (Å²) in [6, 6.07) is 9.69. The van der Waals surface area contributed by atoms with Crippen molar-refractivity contribution in [3.8, 4) is 0 Å². The molecular formula is C12H8Br2OS. The third-order valence-electron chi connectivity index (χ3n) is 2.17. The molecule has 0 amide bonds. The number of benzene rings is 1. The summed E-state index contributed by atoms with van der Waals surface area (Å²) < 4.78 is 2.02. The predicted octanol–water partition coefficient (Wildman–Crippen LogP) is 4.70. The maximum atomic E-state index is 11.9. The summed E-state index contributed by atoms with van der Waals surface area (Å²) in [5.41, 5.74) is 1.82. The first kappa shape index (κ1) is 12.0. The zero-order valence-electron chi connectivity index (χ0n) is 8.24. The number of Topliss-reactive ketones (excluding diaryl/α,β-unsaturated/α-hetero) is 1. The van der Waals surface area contributed by atoms with Gasteiger partial charge >= 0.3 is 0 Å². The van der Waals surface area contributed by atoms with Gasteiger partial charge in [-0.1, -0.05) is 28.1 Å². The quantitative estimate of drug-likeness (QED) is 0.726. The molecule has 0 fully saturated rings. The summed E-state index contributed by atoms with van der Waals surface area (Å²) >= 11 is 8.26. The van der Waals surface area contributed by atoms with Crippen LogP contribution in [-0.2, 0) is 6.42 Å². The lowest BCUT2D eigenvalue weighted by atomic mass is 10.1. The Labute approximate surface area is 115 Å². The molecule has 82 valence electrons. The van der Waals surface area contributed by atoms with Crippen LogP contribution in [0.15, 0.2) is 44.0 Å². The van der Waals surface area contributed by atoms with E-state index >= 15 is 0 Å². The maximum absolute atomic E-state index is 11.9. The second-order valence-electron chi connectivity index (χ2n) is 3.37. The SMILES string of the molecule is O=C(Cc1ccc(Br)cc1)c1csc(Br)c1. The average Bonchev–Trinajstić information content (AvgIpc) is 2.68. The lowest BCUT2D eigenvalue weighted by Crippen LogP contribution is -2.01. The molecular weight excluding hydrogens is 352 g/mol. The molecule has 1 nitrogen and oxygen atoms in total. The zero-order valence-corrected chi connectivity index (χ0v) is 12.2. The lowest BCUT2D eigenvalue weighted by Gasteiger charge is -1.99. The van der Waals surface area contributed by atoms with Crippen molar-refractivity contribution in [1.29, 1.82) is 0 Å². The number of thiophene rings is 1. The molecule has 2 rings (SSSR count). The molecule has 1 aromatic heterocycles. The number of hydrogen-bond acceptors (Lipinski definition) is 2. The van der Waals surface area contributed by atoms with E-state index in [4.69, 9.17) is 0 Å². The van der Waals surface area contributed by atoms with Crippen molar-refractivity contribution in [2.24, 2.45) is 0 Å². The van der Waals surface area contributed by atoms with Gasteiger partial charge in [0.05, 0.1) is 3.79 Å². The number of rotatable bonds is 3. The summed E-state index contributed by atoms with van der Waals surface area (Å²) in [6.07, 6.45) is 0.455. The Bertz CT molecular complexity index is 502. The molecule has 16 heavy (non-hydrogen) atoms. The smallest absolute Gasteiger partial charge is 0.168 e. The fraction of sp³-hybridized carbons (Fsp3) is 0.0833. The van der Waals surface area contributed by atoms with Crippen molar-refractivity contribution < 1.29 is 4.79 Å². The second-order valence-corrected chi connectivity index (χ2v) is 6.57. The van der Waals surface area contributed by atoms with Gasteiger partial charge in [-0.05, 0) is 39.7 Å². The fourth-order valence-electron chi connectivity index (χ4n) is 1.35. The predicted molar refractivity (Wildman–Crippen MR) is 74.2 cm³/mol. The van der Waals surface area contributed by atoms with Crippen molar-refractivity contribution >= 4 is 49.0 Å². The van der Waals surface area contributed by atoms with Gasteiger partial charge in [-0.2, -0.15) is 0 Å². The second kappa shape index (κ2) is 5.25. The van der Waals surface area contributed by atoms with Crippen molar-refractivity contribution in [3.05, 3.63) is 55.1 Å². The van der Waals surface area contributed by atoms with E-state index in [2.05, 4.69) is 31.9 Å². The Balaban J connectivity index is 2.10. The largest absolute Gasteiger partial charge is 0.294 e. The highest BCUT2D eigenvalue weighted by molar-refractivity contribution is 9.11. The monoisotopic (exact) mass is 358 g/mol. The molecule has 0 N–H and O–H groups in total. The number of ketones is 1. The highest BCUT2D eigenvalue weighted by Gasteiger charge is 2.08. The van der Waals surface area contributed by atoms with Crippen molar-refractivity contribution in [1.82, 2.24) is 0 Å². The van der Waals surface area contributed by atoms with Crippen LogP contribution in [0.1, 0.15) is 15.9 Å². The first-order valence-corrected chi connectivity index (χ1v) is 7.13. The van der Waals surface area contributed by atoms with Gasteiger partial charge in [-0.25, -0.2) is 0 Å². The minimum Gasteiger partial charge on any atom is -0.294 e. The summed E-state index contributed by atoms with van der Waals surface area (Å²) in [4.78, 5) is 11.9. The highest BCUT2D eigenvalue weighted by Crippen LogP contribution is 2.22. The third-order valence-corrected chi connectivity index (χ3v) is 4.20. The first-order valence-electron chi connectivity index (χ1n) is 4.67. The molecule has 0 aliphatic rings. The molecule has 0 saturated carbocycles. The van der Waals surface area contributed by atoms with Crippen LogP contribution in [0.25, 0.3) is 0 Å². The maximum Gasteiger partial charge on any atom is 0.168 e. The van der Waals surface area contributed by atoms with Gasteiger partial charge < -0.3 is 0 Å². The molecule has 4 heteroatoms. The highest BCUT2D eigenvalue weighted by atomic mass is 79.9. The number of halogens is 2. The lowest BCUT2D eigenvalue weighted by molar-refractivity contribution is 0.0993. The number of hydrogen-bond donors (Lipinski definition) is 0. The molecule has 0 bridgehead atoms. The van der Waals surface area contributed by atoms with E-state index in [-0.39, 0.29) is 5.78 Å². The van der Waals surface area contributed by atoms with Gasteiger partial charge in [0.2, 0.25) is 0 Å². The molecule has 0 saturated heterocycles. The summed E-state index contributed by atoms with van der Waals surface area (Å²) in [7, 11) is 0. The summed E-state index contributed by atoms with van der Waals surface area (Å²) in [6.45, 7) is 0. The summed E-state index contributed by atoms with van der Waals surface area (Å²) in [5, 5.41) is 1.88. The molecule has 0 atom stereocenters. The molecule has 2 aromatic rings. The van der Waals surface area contributed by atoms with Gasteiger partial charge in [0.15, 0.2) is 5.78 Å². The van der Waals surface area contributed by atoms with Crippen molar-refractivity contribution in [2.45, 2.75) is 6.42 Å². The molecule has 1 heterocycles. The van der Waals surface area contributed by atoms with Crippen LogP contribution in [0.5, 0.6) is 0 Å². The minimum atomic E-state index is 0.157. The first-order chi connectivity index (χ1) is 7.65. The molecule has 1 aromatic carbocycles. The van der Waals surface area contributed by atoms with E-state index in [0.29, 0.717) is 6.42 Å². The van der Waals surface area contributed by atoms with E-state index in [9.17, 15) is 4.79 Å². The van der Waals surface area contributed by atoms with E-state index in [1.54, 1.807) is 0 Å². The Morgan fingerprint density at radius 2 is 1.88 bits per heavy atom. The van der Waals surface area contributed by atoms with Crippen LogP contribution in [0.4, 0.5) is 0 Å². The fourth-order valence-corrected chi connectivity index (χ4v) is 2.77. The Morgan fingerprint density at radius 1 is 1.19 bits per heavy atom. The minimum absolute atomic E-state index is 0.157. The standard InChI is InChI=1S/C12H8Br2OS/c13-10-3-1-8(2-4-10)5-11(15)9-6-12(14)16-7-9/h1-4,6-7H,5H2. The van der Waals surface area contributed by atoms with E-state index in [1.807, 2.05) is 35.7 Å². The van der Waals surface area contributed by atoms with Gasteiger partial charge in [0.1, 0.15) is 0 Å². The molecule has 0 aliphatic heterocycles. The number of carbonyl (C=O) groups is 1. The molecule has 0 spiro atoms. The molecule has 0 aliphatic carbocycles. The topological polar surface area (TPSA) is 17.1 Å². The normalized spacial score (nSPS) is 10.4. The Hall–Kier alpha value is -0.450. The van der Waals surface area contributed by atoms with Gasteiger partial charge in [-0.15, -0.1) is 11.3 Å². The van der Waals surface area contributed by atoms with Crippen LogP contribution in [-0.4, -0.2) is 5.78 Å². The van der Waals surface area contributed by atoms with Crippen molar-refractivity contribution in [2.75, 3.05) is 0 Å². The average molecular weight is 360 g/mol. The summed E-state index contributed by atoms with van der Waals surface area (Å²) in [5.74, 6) is 0.157. The van der Waals surface area contributed by atoms with Gasteiger partial charge in [0, 0.05) is 21.8 Å². The Morgan fingerprint density at radius 3 is 2.44 bits per heavy atom.